The van der Waals surface area contributed by atoms with Gasteiger partial charge in [-0.05, 0) is 25.1 Å². The summed E-state index contributed by atoms with van der Waals surface area (Å²) in [5.74, 6) is -1.44. The van der Waals surface area contributed by atoms with Crippen molar-refractivity contribution in [2.24, 2.45) is 0 Å². The number of rotatable bonds is 8. The number of halogens is 3. The Morgan fingerprint density at radius 3 is 2.48 bits per heavy atom. The van der Waals surface area contributed by atoms with Crippen molar-refractivity contribution in [1.82, 2.24) is 10.6 Å². The van der Waals surface area contributed by atoms with E-state index in [-0.39, 0.29) is 12.2 Å². The molecule has 1 aromatic carbocycles. The molecular weight excluding hydrogens is 373 g/mol. The number of nitrogens with one attached hydrogen (secondary N) is 2. The lowest BCUT2D eigenvalue weighted by atomic mass is 10.1. The molecule has 8 nitrogen and oxygen atoms in total. The van der Waals surface area contributed by atoms with E-state index >= 15 is 0 Å². The first kappa shape index (κ1) is 22.2. The van der Waals surface area contributed by atoms with E-state index in [1.54, 1.807) is 12.2 Å². The number of hydrogen-bond acceptors (Lipinski definition) is 6. The lowest BCUT2D eigenvalue weighted by Gasteiger charge is -2.11. The zero-order valence-corrected chi connectivity index (χ0v) is 14.6. The minimum absolute atomic E-state index is 0.111. The van der Waals surface area contributed by atoms with Gasteiger partial charge in [0.15, 0.2) is 6.61 Å². The van der Waals surface area contributed by atoms with Gasteiger partial charge in [0, 0.05) is 12.2 Å². The summed E-state index contributed by atoms with van der Waals surface area (Å²) in [7, 11) is 1.46. The number of imide groups is 1. The molecule has 2 N–H and O–H groups in total. The highest BCUT2D eigenvalue weighted by Crippen LogP contribution is 2.21. The van der Waals surface area contributed by atoms with Crippen LogP contribution in [0.3, 0.4) is 0 Å². The standard InChI is InChI=1S/C16H19F3N2O6/c1-3-26-7-11-6-10(4-5-12(11)25-2)14(23)27-8-13(22)21-15(24)20-9-16(17,18)19/h4-6H,3,7-9H2,1-2H3,(H2,20,21,22,24). The monoisotopic (exact) mass is 392 g/mol. The minimum Gasteiger partial charge on any atom is -0.496 e. The van der Waals surface area contributed by atoms with Crippen molar-refractivity contribution in [2.75, 3.05) is 26.9 Å². The molecule has 0 heterocycles. The Morgan fingerprint density at radius 1 is 1.19 bits per heavy atom. The van der Waals surface area contributed by atoms with Crippen LogP contribution in [0.4, 0.5) is 18.0 Å². The maximum Gasteiger partial charge on any atom is 0.405 e. The predicted octanol–water partition coefficient (Wildman–Crippen LogP) is 1.78. The lowest BCUT2D eigenvalue weighted by Crippen LogP contribution is -2.44. The SMILES string of the molecule is CCOCc1cc(C(=O)OCC(=O)NC(=O)NCC(F)(F)F)ccc1OC. The molecule has 0 spiro atoms. The van der Waals surface area contributed by atoms with E-state index in [9.17, 15) is 27.6 Å². The smallest absolute Gasteiger partial charge is 0.405 e. The second-order valence-corrected chi connectivity index (χ2v) is 5.09. The van der Waals surface area contributed by atoms with Crippen LogP contribution in [0.5, 0.6) is 5.75 Å². The number of amides is 3. The van der Waals surface area contributed by atoms with Gasteiger partial charge in [-0.2, -0.15) is 13.2 Å². The number of esters is 1. The molecule has 0 fully saturated rings. The van der Waals surface area contributed by atoms with Gasteiger partial charge in [-0.25, -0.2) is 9.59 Å². The van der Waals surface area contributed by atoms with E-state index < -0.39 is 37.2 Å². The van der Waals surface area contributed by atoms with E-state index in [2.05, 4.69) is 0 Å². The van der Waals surface area contributed by atoms with E-state index in [0.717, 1.165) is 0 Å². The number of benzene rings is 1. The number of ether oxygens (including phenoxy) is 3. The van der Waals surface area contributed by atoms with Gasteiger partial charge in [-0.1, -0.05) is 0 Å². The van der Waals surface area contributed by atoms with E-state index in [1.807, 2.05) is 0 Å². The van der Waals surface area contributed by atoms with Crippen LogP contribution in [0.15, 0.2) is 18.2 Å². The number of carbonyl (C=O) groups is 3. The molecule has 0 saturated carbocycles. The number of carbonyl (C=O) groups excluding carboxylic acids is 3. The van der Waals surface area contributed by atoms with Gasteiger partial charge in [-0.3, -0.25) is 10.1 Å². The molecule has 1 aromatic rings. The van der Waals surface area contributed by atoms with Crippen LogP contribution in [0.25, 0.3) is 0 Å². The molecule has 0 aromatic heterocycles. The van der Waals surface area contributed by atoms with Gasteiger partial charge in [0.2, 0.25) is 0 Å². The van der Waals surface area contributed by atoms with Crippen LogP contribution in [0.2, 0.25) is 0 Å². The Labute approximate surface area is 153 Å². The van der Waals surface area contributed by atoms with Gasteiger partial charge in [0.1, 0.15) is 12.3 Å². The predicted molar refractivity (Wildman–Crippen MR) is 86.2 cm³/mol. The fourth-order valence-electron chi connectivity index (χ4n) is 1.83. The third kappa shape index (κ3) is 8.40. The highest BCUT2D eigenvalue weighted by molar-refractivity contribution is 5.97. The summed E-state index contributed by atoms with van der Waals surface area (Å²) in [6.45, 7) is 0.00851. The highest BCUT2D eigenvalue weighted by Gasteiger charge is 2.28. The summed E-state index contributed by atoms with van der Waals surface area (Å²) in [6, 6.07) is 3.04. The van der Waals surface area contributed by atoms with Gasteiger partial charge in [-0.15, -0.1) is 0 Å². The summed E-state index contributed by atoms with van der Waals surface area (Å²) in [6.07, 6.45) is -4.61. The molecule has 1 rings (SSSR count). The Kier molecular flexibility index (Phi) is 8.52. The molecule has 0 atom stereocenters. The van der Waals surface area contributed by atoms with Crippen molar-refractivity contribution in [2.45, 2.75) is 19.7 Å². The zero-order valence-electron chi connectivity index (χ0n) is 14.6. The maximum absolute atomic E-state index is 12.0. The van der Waals surface area contributed by atoms with E-state index in [4.69, 9.17) is 14.2 Å². The lowest BCUT2D eigenvalue weighted by molar-refractivity contribution is -0.125. The normalized spacial score (nSPS) is 10.9. The number of hydrogen-bond donors (Lipinski definition) is 2. The van der Waals surface area contributed by atoms with Crippen molar-refractivity contribution in [3.8, 4) is 5.75 Å². The summed E-state index contributed by atoms with van der Waals surface area (Å²) in [5.41, 5.74) is 0.699. The second kappa shape index (κ2) is 10.4. The summed E-state index contributed by atoms with van der Waals surface area (Å²) < 4.78 is 51.0. The summed E-state index contributed by atoms with van der Waals surface area (Å²) >= 11 is 0. The van der Waals surface area contributed by atoms with Gasteiger partial charge < -0.3 is 19.5 Å². The topological polar surface area (TPSA) is 103 Å². The highest BCUT2D eigenvalue weighted by atomic mass is 19.4. The Bertz CT molecular complexity index is 679. The Morgan fingerprint density at radius 2 is 1.89 bits per heavy atom. The van der Waals surface area contributed by atoms with Crippen LogP contribution in [0, 0.1) is 0 Å². The first-order chi connectivity index (χ1) is 12.7. The molecule has 0 saturated heterocycles. The van der Waals surface area contributed by atoms with Crippen LogP contribution in [-0.4, -0.2) is 51.0 Å². The van der Waals surface area contributed by atoms with Gasteiger partial charge in [0.05, 0.1) is 19.3 Å². The quantitative estimate of drug-likeness (QED) is 0.654. The van der Waals surface area contributed by atoms with Crippen LogP contribution in [-0.2, 0) is 20.9 Å². The van der Waals surface area contributed by atoms with Crippen molar-refractivity contribution in [3.63, 3.8) is 0 Å². The maximum atomic E-state index is 12.0. The van der Waals surface area contributed by atoms with Crippen LogP contribution >= 0.6 is 0 Å². The first-order valence-electron chi connectivity index (χ1n) is 7.72. The fraction of sp³-hybridized carbons (Fsp3) is 0.438. The van der Waals surface area contributed by atoms with Gasteiger partial charge >= 0.3 is 18.2 Å². The number of urea groups is 1. The van der Waals surface area contributed by atoms with Crippen molar-refractivity contribution < 1.29 is 41.8 Å². The third-order valence-corrected chi connectivity index (χ3v) is 3.01. The van der Waals surface area contributed by atoms with Crippen LogP contribution in [0.1, 0.15) is 22.8 Å². The average Bonchev–Trinajstić information content (AvgIpc) is 2.61. The van der Waals surface area contributed by atoms with Crippen molar-refractivity contribution in [3.05, 3.63) is 29.3 Å². The molecule has 3 amide bonds. The summed E-state index contributed by atoms with van der Waals surface area (Å²) in [4.78, 5) is 34.6. The number of alkyl halides is 3. The van der Waals surface area contributed by atoms with E-state index in [1.165, 1.54) is 30.6 Å². The van der Waals surface area contributed by atoms with Crippen LogP contribution < -0.4 is 15.4 Å². The molecule has 0 unspecified atom stereocenters. The molecule has 0 aliphatic carbocycles. The zero-order chi connectivity index (χ0) is 20.4. The molecule has 11 heteroatoms. The minimum atomic E-state index is -4.61. The molecular formula is C16H19F3N2O6. The average molecular weight is 392 g/mol. The Hall–Kier alpha value is -2.82. The molecule has 150 valence electrons. The van der Waals surface area contributed by atoms with Gasteiger partial charge in [0.25, 0.3) is 5.91 Å². The molecule has 0 aliphatic heterocycles. The first-order valence-corrected chi connectivity index (χ1v) is 7.72. The van der Waals surface area contributed by atoms with Crippen molar-refractivity contribution in [1.29, 1.82) is 0 Å². The summed E-state index contributed by atoms with van der Waals surface area (Å²) in [5, 5.41) is 3.06. The third-order valence-electron chi connectivity index (χ3n) is 3.01. The Balaban J connectivity index is 2.56. The molecule has 27 heavy (non-hydrogen) atoms. The second-order valence-electron chi connectivity index (χ2n) is 5.09. The van der Waals surface area contributed by atoms with Crippen molar-refractivity contribution >= 4 is 17.9 Å². The molecule has 0 radical (unpaired) electrons. The molecule has 0 bridgehead atoms. The number of methoxy groups -OCH3 is 1. The molecule has 0 aliphatic rings. The van der Waals surface area contributed by atoms with E-state index in [0.29, 0.717) is 17.9 Å². The largest absolute Gasteiger partial charge is 0.496 e. The fourth-order valence-corrected chi connectivity index (χ4v) is 1.83.